The highest BCUT2D eigenvalue weighted by Crippen LogP contribution is 2.37. The fraction of sp³-hybridized carbons (Fsp3) is 0.526. The lowest BCUT2D eigenvalue weighted by Gasteiger charge is -2.29. The van der Waals surface area contributed by atoms with Gasteiger partial charge in [0.15, 0.2) is 0 Å². The molecule has 1 aliphatic carbocycles. The number of hydrogen-bond donors (Lipinski definition) is 0. The molecule has 3 aromatic carbocycles. The average molecular weight is 507 g/mol. The van der Waals surface area contributed by atoms with E-state index in [1.807, 2.05) is 0 Å². The van der Waals surface area contributed by atoms with E-state index in [1.165, 1.54) is 125 Å². The van der Waals surface area contributed by atoms with Crippen molar-refractivity contribution in [2.75, 3.05) is 0 Å². The van der Waals surface area contributed by atoms with E-state index in [4.69, 9.17) is 0 Å². The monoisotopic (exact) mass is 506 g/mol. The molecule has 0 spiro atoms. The average Bonchev–Trinajstić information content (AvgIpc) is 2.96. The van der Waals surface area contributed by atoms with Crippen molar-refractivity contribution in [2.45, 2.75) is 122 Å². The lowest BCUT2D eigenvalue weighted by atomic mass is 9.77. The molecule has 1 saturated carbocycles. The molecule has 0 saturated heterocycles. The van der Waals surface area contributed by atoms with Gasteiger partial charge in [-0.15, -0.1) is 0 Å². The molecule has 0 amide bonds. The Kier molecular flexibility index (Phi) is 11.8. The molecule has 38 heavy (non-hydrogen) atoms. The first-order chi connectivity index (χ1) is 18.7. The van der Waals surface area contributed by atoms with Crippen molar-refractivity contribution in [1.82, 2.24) is 0 Å². The van der Waals surface area contributed by atoms with Crippen LogP contribution in [0, 0.1) is 17.8 Å². The Labute approximate surface area is 233 Å². The van der Waals surface area contributed by atoms with E-state index >= 15 is 0 Å². The molecule has 0 aliphatic heterocycles. The van der Waals surface area contributed by atoms with Gasteiger partial charge in [0.25, 0.3) is 0 Å². The van der Waals surface area contributed by atoms with E-state index in [2.05, 4.69) is 86.4 Å². The Morgan fingerprint density at radius 2 is 1.18 bits per heavy atom. The lowest BCUT2D eigenvalue weighted by Crippen LogP contribution is -2.13. The molecule has 0 radical (unpaired) electrons. The maximum Gasteiger partial charge on any atom is 0.0255 e. The van der Waals surface area contributed by atoms with Crippen LogP contribution < -0.4 is 0 Å². The van der Waals surface area contributed by atoms with Gasteiger partial charge in [-0.1, -0.05) is 126 Å². The highest BCUT2D eigenvalue weighted by molar-refractivity contribution is 5.84. The second-order valence-electron chi connectivity index (χ2n) is 11.9. The minimum Gasteiger partial charge on any atom is -0.0654 e. The fourth-order valence-corrected chi connectivity index (χ4v) is 6.27. The first kappa shape index (κ1) is 28.5. The largest absolute Gasteiger partial charge is 0.0654 e. The van der Waals surface area contributed by atoms with Crippen LogP contribution >= 0.6 is 0 Å². The minimum absolute atomic E-state index is 0.745. The summed E-state index contributed by atoms with van der Waals surface area (Å²) in [6.45, 7) is 4.58. The molecule has 0 atom stereocenters. The number of aryl methyl sites for hydroxylation is 1. The van der Waals surface area contributed by atoms with Crippen LogP contribution in [-0.2, 0) is 6.42 Å². The number of unbranched alkanes of at least 4 members (excludes halogenated alkanes) is 8. The van der Waals surface area contributed by atoms with Gasteiger partial charge in [0.1, 0.15) is 0 Å². The summed E-state index contributed by atoms with van der Waals surface area (Å²) in [6, 6.07) is 22.7. The van der Waals surface area contributed by atoms with E-state index in [-0.39, 0.29) is 0 Å². The van der Waals surface area contributed by atoms with E-state index in [0.29, 0.717) is 0 Å². The van der Waals surface area contributed by atoms with Crippen LogP contribution in [0.5, 0.6) is 0 Å². The molecule has 0 unspecified atom stereocenters. The Balaban J connectivity index is 1.26. The molecular weight excluding hydrogens is 456 g/mol. The van der Waals surface area contributed by atoms with Gasteiger partial charge >= 0.3 is 0 Å². The van der Waals surface area contributed by atoms with E-state index in [1.54, 1.807) is 0 Å². The molecule has 1 fully saturated rings. The zero-order chi connectivity index (χ0) is 26.4. The van der Waals surface area contributed by atoms with Gasteiger partial charge in [-0.2, -0.15) is 0 Å². The van der Waals surface area contributed by atoms with Crippen molar-refractivity contribution in [1.29, 1.82) is 0 Å². The standard InChI is InChI=1S/C38H50/c1-3-5-7-9-11-13-31-17-23-35(24-18-31)36-25-19-32(20-26-36)15-16-34-22-28-37-29-33(21-27-38(37)30-34)14-12-10-8-6-4-2/h19-22,25-31,35H,3-14,17-18,23-24H2,1-2H3. The molecule has 3 aromatic rings. The predicted molar refractivity (Wildman–Crippen MR) is 167 cm³/mol. The first-order valence-electron chi connectivity index (χ1n) is 15.9. The summed E-state index contributed by atoms with van der Waals surface area (Å²) in [6.07, 6.45) is 22.0. The Morgan fingerprint density at radius 3 is 1.92 bits per heavy atom. The number of benzene rings is 3. The minimum atomic E-state index is 0.745. The third-order valence-corrected chi connectivity index (χ3v) is 8.77. The maximum atomic E-state index is 3.41. The van der Waals surface area contributed by atoms with Gasteiger partial charge in [-0.3, -0.25) is 0 Å². The van der Waals surface area contributed by atoms with Crippen LogP contribution in [0.4, 0.5) is 0 Å². The molecule has 202 valence electrons. The molecule has 0 N–H and O–H groups in total. The topological polar surface area (TPSA) is 0 Å². The summed E-state index contributed by atoms with van der Waals surface area (Å²) in [4.78, 5) is 0. The highest BCUT2D eigenvalue weighted by Gasteiger charge is 2.21. The Bertz CT molecular complexity index is 1150. The van der Waals surface area contributed by atoms with E-state index in [9.17, 15) is 0 Å². The first-order valence-corrected chi connectivity index (χ1v) is 15.9. The van der Waals surface area contributed by atoms with E-state index < -0.39 is 0 Å². The summed E-state index contributed by atoms with van der Waals surface area (Å²) in [5, 5.41) is 2.62. The molecule has 4 rings (SSSR count). The van der Waals surface area contributed by atoms with Crippen LogP contribution in [0.15, 0.2) is 60.7 Å². The second kappa shape index (κ2) is 15.8. The highest BCUT2D eigenvalue weighted by atomic mass is 14.3. The quantitative estimate of drug-likeness (QED) is 0.160. The van der Waals surface area contributed by atoms with E-state index in [0.717, 1.165) is 23.0 Å². The molecule has 0 nitrogen and oxygen atoms in total. The van der Waals surface area contributed by atoms with Crippen LogP contribution in [0.2, 0.25) is 0 Å². The van der Waals surface area contributed by atoms with Crippen LogP contribution in [0.1, 0.15) is 138 Å². The van der Waals surface area contributed by atoms with Crippen molar-refractivity contribution in [3.63, 3.8) is 0 Å². The van der Waals surface area contributed by atoms with Crippen molar-refractivity contribution in [3.05, 3.63) is 82.9 Å². The summed E-state index contributed by atoms with van der Waals surface area (Å²) in [5.74, 6) is 8.53. The summed E-state index contributed by atoms with van der Waals surface area (Å²) >= 11 is 0. The third kappa shape index (κ3) is 9.05. The van der Waals surface area contributed by atoms with Crippen molar-refractivity contribution in [3.8, 4) is 11.8 Å². The predicted octanol–water partition coefficient (Wildman–Crippen LogP) is 11.4. The molecule has 0 bridgehead atoms. The van der Waals surface area contributed by atoms with Crippen LogP contribution in [0.25, 0.3) is 10.8 Å². The Morgan fingerprint density at radius 1 is 0.579 bits per heavy atom. The smallest absolute Gasteiger partial charge is 0.0255 e. The molecular formula is C38H50. The van der Waals surface area contributed by atoms with Gasteiger partial charge in [0.2, 0.25) is 0 Å². The number of rotatable bonds is 13. The zero-order valence-electron chi connectivity index (χ0n) is 24.2. The molecule has 0 aromatic heterocycles. The zero-order valence-corrected chi connectivity index (χ0v) is 24.2. The van der Waals surface area contributed by atoms with Gasteiger partial charge in [-0.05, 0) is 96.5 Å². The molecule has 0 heterocycles. The summed E-state index contributed by atoms with van der Waals surface area (Å²) in [7, 11) is 0. The number of fused-ring (bicyclic) bond motifs is 1. The van der Waals surface area contributed by atoms with Gasteiger partial charge in [-0.25, -0.2) is 0 Å². The fourth-order valence-electron chi connectivity index (χ4n) is 6.27. The van der Waals surface area contributed by atoms with Crippen LogP contribution in [-0.4, -0.2) is 0 Å². The van der Waals surface area contributed by atoms with Crippen molar-refractivity contribution >= 4 is 10.8 Å². The van der Waals surface area contributed by atoms with Gasteiger partial charge in [0, 0.05) is 11.1 Å². The third-order valence-electron chi connectivity index (χ3n) is 8.77. The normalized spacial score (nSPS) is 17.3. The second-order valence-corrected chi connectivity index (χ2v) is 11.9. The summed E-state index contributed by atoms with van der Waals surface area (Å²) in [5.41, 5.74) is 5.20. The van der Waals surface area contributed by atoms with Crippen molar-refractivity contribution in [2.24, 2.45) is 5.92 Å². The summed E-state index contributed by atoms with van der Waals surface area (Å²) < 4.78 is 0. The van der Waals surface area contributed by atoms with Gasteiger partial charge < -0.3 is 0 Å². The SMILES string of the molecule is CCCCCCCc1ccc2cc(C#Cc3ccc(C4CCC(CCCCCCC)CC4)cc3)ccc2c1. The van der Waals surface area contributed by atoms with Crippen molar-refractivity contribution < 1.29 is 0 Å². The van der Waals surface area contributed by atoms with Crippen LogP contribution in [0.3, 0.4) is 0 Å². The molecule has 1 aliphatic rings. The maximum absolute atomic E-state index is 3.41. The lowest BCUT2D eigenvalue weighted by molar-refractivity contribution is 0.302. The van der Waals surface area contributed by atoms with Gasteiger partial charge in [0.05, 0.1) is 0 Å². The number of hydrogen-bond acceptors (Lipinski definition) is 0. The molecule has 0 heteroatoms. The Hall–Kier alpha value is -2.52.